The summed E-state index contributed by atoms with van der Waals surface area (Å²) in [6, 6.07) is 15.5. The van der Waals surface area contributed by atoms with Crippen molar-refractivity contribution in [3.63, 3.8) is 0 Å². The zero-order valence-electron chi connectivity index (χ0n) is 18.9. The minimum Gasteiger partial charge on any atom is -0.481 e. The molecular weight excluding hydrogens is 460 g/mol. The number of hydrogen-bond donors (Lipinski definition) is 3. The van der Waals surface area contributed by atoms with Gasteiger partial charge >= 0.3 is 13.6 Å². The Morgan fingerprint density at radius 3 is 2.35 bits per heavy atom. The van der Waals surface area contributed by atoms with Crippen LogP contribution >= 0.6 is 7.60 Å². The van der Waals surface area contributed by atoms with Gasteiger partial charge in [0.05, 0.1) is 31.0 Å². The van der Waals surface area contributed by atoms with Crippen LogP contribution in [0.2, 0.25) is 0 Å². The number of aliphatic carboxylic acids is 1. The summed E-state index contributed by atoms with van der Waals surface area (Å²) < 4.78 is 31.5. The van der Waals surface area contributed by atoms with Gasteiger partial charge in [-0.05, 0) is 42.2 Å². The van der Waals surface area contributed by atoms with E-state index in [1.54, 1.807) is 12.1 Å². The summed E-state index contributed by atoms with van der Waals surface area (Å²) in [7, 11) is -4.31. The SMILES string of the molecule is CCc1nc(-c2ccccc2)c(C)c(-c2ccc(F)cc2)c1COP(=O)(O)C[C@@H](O)CC(=O)O. The molecule has 1 unspecified atom stereocenters. The van der Waals surface area contributed by atoms with Crippen LogP contribution in [0.15, 0.2) is 54.6 Å². The minimum absolute atomic E-state index is 0.285. The molecule has 0 saturated heterocycles. The topological polar surface area (TPSA) is 117 Å². The third kappa shape index (κ3) is 6.36. The number of carboxylic acids is 1. The second-order valence-electron chi connectivity index (χ2n) is 7.96. The van der Waals surface area contributed by atoms with Crippen LogP contribution in [0.1, 0.15) is 30.2 Å². The molecule has 180 valence electrons. The first-order valence-corrected chi connectivity index (χ1v) is 12.6. The van der Waals surface area contributed by atoms with Gasteiger partial charge in [0, 0.05) is 16.8 Å². The van der Waals surface area contributed by atoms with E-state index in [1.807, 2.05) is 44.2 Å². The Morgan fingerprint density at radius 1 is 1.12 bits per heavy atom. The Bertz CT molecular complexity index is 1200. The average molecular weight is 487 g/mol. The van der Waals surface area contributed by atoms with Gasteiger partial charge in [-0.3, -0.25) is 14.3 Å². The lowest BCUT2D eigenvalue weighted by Gasteiger charge is -2.22. The second kappa shape index (κ2) is 11.0. The van der Waals surface area contributed by atoms with E-state index >= 15 is 0 Å². The second-order valence-corrected chi connectivity index (χ2v) is 9.86. The lowest BCUT2D eigenvalue weighted by molar-refractivity contribution is -0.138. The van der Waals surface area contributed by atoms with Gasteiger partial charge in [0.1, 0.15) is 5.82 Å². The van der Waals surface area contributed by atoms with Crippen LogP contribution in [0.25, 0.3) is 22.4 Å². The van der Waals surface area contributed by atoms with Crippen molar-refractivity contribution < 1.29 is 33.4 Å². The van der Waals surface area contributed by atoms with E-state index in [0.29, 0.717) is 23.2 Å². The van der Waals surface area contributed by atoms with E-state index in [9.17, 15) is 23.7 Å². The van der Waals surface area contributed by atoms with Crippen LogP contribution in [-0.4, -0.2) is 38.3 Å². The molecule has 0 aliphatic rings. The predicted octanol–water partition coefficient (Wildman–Crippen LogP) is 4.96. The zero-order valence-corrected chi connectivity index (χ0v) is 19.8. The zero-order chi connectivity index (χ0) is 24.9. The van der Waals surface area contributed by atoms with Gasteiger partial charge in [-0.1, -0.05) is 49.4 Å². The first kappa shape index (κ1) is 25.7. The normalized spacial score (nSPS) is 13.9. The number of carboxylic acid groups (broad SMARTS) is 1. The maximum absolute atomic E-state index is 13.6. The monoisotopic (exact) mass is 487 g/mol. The molecule has 9 heteroatoms. The summed E-state index contributed by atoms with van der Waals surface area (Å²) >= 11 is 0. The summed E-state index contributed by atoms with van der Waals surface area (Å²) in [5, 5.41) is 18.6. The summed E-state index contributed by atoms with van der Waals surface area (Å²) in [5.41, 5.74) is 5.08. The molecule has 2 atom stereocenters. The standard InChI is InChI=1S/C25H27FNO6P/c1-3-22-21(14-33-34(31,32)15-20(28)13-23(29)30)24(17-9-11-19(26)12-10-17)16(2)25(27-22)18-7-5-4-6-8-18/h4-12,20,28H,3,13-15H2,1-2H3,(H,29,30)(H,31,32)/t20-/m0/s1. The van der Waals surface area contributed by atoms with Crippen molar-refractivity contribution in [1.29, 1.82) is 0 Å². The van der Waals surface area contributed by atoms with Gasteiger partial charge < -0.3 is 19.6 Å². The molecule has 3 N–H and O–H groups in total. The number of aliphatic hydroxyl groups excluding tert-OH is 1. The van der Waals surface area contributed by atoms with Gasteiger partial charge in [0.15, 0.2) is 0 Å². The molecule has 1 aromatic heterocycles. The van der Waals surface area contributed by atoms with Crippen molar-refractivity contribution in [2.75, 3.05) is 6.16 Å². The molecule has 0 bridgehead atoms. The Morgan fingerprint density at radius 2 is 1.76 bits per heavy atom. The van der Waals surface area contributed by atoms with Crippen LogP contribution in [-0.2, 0) is 26.9 Å². The number of aromatic nitrogens is 1. The number of aliphatic hydroxyl groups is 1. The molecule has 0 spiro atoms. The van der Waals surface area contributed by atoms with Crippen molar-refractivity contribution in [2.24, 2.45) is 0 Å². The Balaban J connectivity index is 2.07. The fourth-order valence-electron chi connectivity index (χ4n) is 3.86. The van der Waals surface area contributed by atoms with Crippen LogP contribution in [0, 0.1) is 12.7 Å². The first-order chi connectivity index (χ1) is 16.1. The molecule has 34 heavy (non-hydrogen) atoms. The Kier molecular flexibility index (Phi) is 8.33. The molecule has 0 fully saturated rings. The van der Waals surface area contributed by atoms with Crippen molar-refractivity contribution in [2.45, 2.75) is 39.4 Å². The summed E-state index contributed by atoms with van der Waals surface area (Å²) in [5.74, 6) is -1.67. The number of hydrogen-bond acceptors (Lipinski definition) is 5. The Labute approximate surface area is 197 Å². The highest BCUT2D eigenvalue weighted by Crippen LogP contribution is 2.45. The quantitative estimate of drug-likeness (QED) is 0.346. The van der Waals surface area contributed by atoms with E-state index in [1.165, 1.54) is 12.1 Å². The van der Waals surface area contributed by atoms with E-state index in [4.69, 9.17) is 14.6 Å². The van der Waals surface area contributed by atoms with Crippen molar-refractivity contribution in [3.05, 3.63) is 77.2 Å². The van der Waals surface area contributed by atoms with E-state index in [0.717, 1.165) is 22.4 Å². The number of pyridine rings is 1. The maximum Gasteiger partial charge on any atom is 0.331 e. The van der Waals surface area contributed by atoms with Gasteiger partial charge in [0.25, 0.3) is 0 Å². The number of aryl methyl sites for hydroxylation is 1. The lowest BCUT2D eigenvalue weighted by atomic mass is 9.91. The highest BCUT2D eigenvalue weighted by molar-refractivity contribution is 7.52. The van der Waals surface area contributed by atoms with Crippen LogP contribution in [0.3, 0.4) is 0 Å². The number of rotatable bonds is 10. The molecule has 3 aromatic rings. The summed E-state index contributed by atoms with van der Waals surface area (Å²) in [6.45, 7) is 3.50. The van der Waals surface area contributed by atoms with Gasteiger partial charge in [0.2, 0.25) is 0 Å². The van der Waals surface area contributed by atoms with Gasteiger partial charge in [-0.2, -0.15) is 0 Å². The molecule has 0 aliphatic heterocycles. The molecule has 2 aromatic carbocycles. The minimum atomic E-state index is -4.31. The van der Waals surface area contributed by atoms with E-state index < -0.39 is 32.3 Å². The molecule has 7 nitrogen and oxygen atoms in total. The molecule has 3 rings (SSSR count). The maximum atomic E-state index is 13.6. The third-order valence-electron chi connectivity index (χ3n) is 5.40. The van der Waals surface area contributed by atoms with Gasteiger partial charge in [-0.15, -0.1) is 0 Å². The Hall–Kier alpha value is -2.90. The lowest BCUT2D eigenvalue weighted by Crippen LogP contribution is -2.18. The molecule has 0 aliphatic carbocycles. The average Bonchev–Trinajstić information content (AvgIpc) is 2.78. The fourth-order valence-corrected chi connectivity index (χ4v) is 4.96. The van der Waals surface area contributed by atoms with Crippen molar-refractivity contribution >= 4 is 13.6 Å². The van der Waals surface area contributed by atoms with Crippen LogP contribution in [0.4, 0.5) is 4.39 Å². The summed E-state index contributed by atoms with van der Waals surface area (Å²) in [6.07, 6.45) is -2.39. The molecule has 0 saturated carbocycles. The number of carbonyl (C=O) groups is 1. The predicted molar refractivity (Wildman–Crippen MR) is 127 cm³/mol. The van der Waals surface area contributed by atoms with Gasteiger partial charge in [-0.25, -0.2) is 4.39 Å². The number of benzene rings is 2. The van der Waals surface area contributed by atoms with Crippen molar-refractivity contribution in [3.8, 4) is 22.4 Å². The molecule has 1 heterocycles. The smallest absolute Gasteiger partial charge is 0.331 e. The summed E-state index contributed by atoms with van der Waals surface area (Å²) in [4.78, 5) is 25.8. The largest absolute Gasteiger partial charge is 0.481 e. The first-order valence-electron chi connectivity index (χ1n) is 10.8. The number of halogens is 1. The molecule has 0 radical (unpaired) electrons. The fraction of sp³-hybridized carbons (Fsp3) is 0.280. The highest BCUT2D eigenvalue weighted by atomic mass is 31.2. The highest BCUT2D eigenvalue weighted by Gasteiger charge is 2.28. The van der Waals surface area contributed by atoms with Crippen molar-refractivity contribution in [1.82, 2.24) is 4.98 Å². The third-order valence-corrected chi connectivity index (χ3v) is 6.82. The van der Waals surface area contributed by atoms with E-state index in [2.05, 4.69) is 0 Å². The van der Waals surface area contributed by atoms with Crippen LogP contribution in [0.5, 0.6) is 0 Å². The van der Waals surface area contributed by atoms with Crippen LogP contribution < -0.4 is 0 Å². The number of nitrogens with zero attached hydrogens (tertiary/aromatic N) is 1. The van der Waals surface area contributed by atoms with E-state index in [-0.39, 0.29) is 12.4 Å². The molecular formula is C25H27FNO6P. The molecule has 0 amide bonds.